The first-order valence-corrected chi connectivity index (χ1v) is 22.9. The lowest BCUT2D eigenvalue weighted by Crippen LogP contribution is -2.67. The number of aliphatic hydroxyl groups excluding tert-OH is 1. The van der Waals surface area contributed by atoms with Crippen LogP contribution in [0.25, 0.3) is 32.7 Å². The standard InChI is InChI=1S/C57H55NO5/c1-53-28-25-45(59)34-55(53)31-32-57(48(35-55)51(60)42-21-19-40(20-22-42)38-11-4-3-5-12-38)49(53)26-29-54(2)50(57)27-30-56(54,62)37-58(36-44-17-10-16-41-14-8-9-18-47(41)44)52(61)63-46-24-23-39-13-6-7-15-43(39)33-46/h3-24,31-33,35,45,49-50,59,62H,25-30,34,36-37H2,1-2H3. The number of ketones is 1. The molecule has 8 unspecified atom stereocenters. The number of fused-ring (bicyclic) bond motifs is 3. The van der Waals surface area contributed by atoms with Crippen LogP contribution in [0.4, 0.5) is 4.79 Å². The maximum atomic E-state index is 15.3. The zero-order chi connectivity index (χ0) is 43.2. The molecule has 8 atom stereocenters. The minimum absolute atomic E-state index is 0.0293. The predicted octanol–water partition coefficient (Wildman–Crippen LogP) is 12.1. The van der Waals surface area contributed by atoms with E-state index in [-0.39, 0.29) is 36.1 Å². The summed E-state index contributed by atoms with van der Waals surface area (Å²) in [6.45, 7) is 4.98. The number of rotatable bonds is 8. The summed E-state index contributed by atoms with van der Waals surface area (Å²) in [6.07, 6.45) is 11.0. The van der Waals surface area contributed by atoms with Crippen molar-refractivity contribution < 1.29 is 24.5 Å². The molecule has 6 aliphatic rings. The van der Waals surface area contributed by atoms with Crippen molar-refractivity contribution in [3.8, 4) is 16.9 Å². The van der Waals surface area contributed by atoms with Crippen molar-refractivity contribution in [2.75, 3.05) is 6.54 Å². The van der Waals surface area contributed by atoms with Gasteiger partial charge in [-0.2, -0.15) is 0 Å². The van der Waals surface area contributed by atoms with E-state index in [0.717, 1.165) is 69.5 Å². The van der Waals surface area contributed by atoms with Gasteiger partial charge in [-0.15, -0.1) is 0 Å². The Morgan fingerprint density at radius 1 is 0.683 bits per heavy atom. The van der Waals surface area contributed by atoms with Crippen molar-refractivity contribution >= 4 is 33.4 Å². The Hall–Kier alpha value is -5.82. The molecule has 63 heavy (non-hydrogen) atoms. The zero-order valence-electron chi connectivity index (χ0n) is 36.2. The van der Waals surface area contributed by atoms with Gasteiger partial charge in [-0.1, -0.05) is 159 Å². The summed E-state index contributed by atoms with van der Waals surface area (Å²) in [7, 11) is 0. The van der Waals surface area contributed by atoms with E-state index < -0.39 is 34.0 Å². The number of ether oxygens (including phenoxy) is 1. The summed E-state index contributed by atoms with van der Waals surface area (Å²) in [4.78, 5) is 31.7. The van der Waals surface area contributed by atoms with Crippen molar-refractivity contribution in [2.24, 2.45) is 33.5 Å². The lowest BCUT2D eigenvalue weighted by atomic mass is 9.32. The Labute approximate surface area is 369 Å². The van der Waals surface area contributed by atoms with Gasteiger partial charge >= 0.3 is 6.09 Å². The number of allylic oxidation sites excluding steroid dienone is 4. The van der Waals surface area contributed by atoms with E-state index in [0.29, 0.717) is 30.6 Å². The molecule has 6 heteroatoms. The van der Waals surface area contributed by atoms with Crippen molar-refractivity contribution in [3.63, 3.8) is 0 Å². The largest absolute Gasteiger partial charge is 0.415 e. The fourth-order valence-corrected chi connectivity index (χ4v) is 13.7. The smallest absolute Gasteiger partial charge is 0.410 e. The number of aliphatic hydroxyl groups is 2. The Morgan fingerprint density at radius 3 is 2.16 bits per heavy atom. The highest BCUT2D eigenvalue weighted by molar-refractivity contribution is 6.10. The molecule has 6 nitrogen and oxygen atoms in total. The van der Waals surface area contributed by atoms with E-state index in [2.05, 4.69) is 68.5 Å². The Morgan fingerprint density at radius 2 is 1.35 bits per heavy atom. The SMILES string of the molecule is CC12CCC(O)CC13C=CC1(C(C(=O)c4ccc(-c5ccccc5)cc4)=C3)C2CCC2(C)C1CCC2(O)CN(Cc1cccc2ccccc12)C(=O)Oc1ccc2ccccc2c1. The molecule has 3 fully saturated rings. The average Bonchev–Trinajstić information content (AvgIpc) is 3.58. The van der Waals surface area contributed by atoms with Crippen LogP contribution in [0.2, 0.25) is 0 Å². The topological polar surface area (TPSA) is 87.1 Å². The van der Waals surface area contributed by atoms with E-state index in [4.69, 9.17) is 4.74 Å². The van der Waals surface area contributed by atoms with E-state index in [1.807, 2.05) is 103 Å². The van der Waals surface area contributed by atoms with E-state index in [1.165, 1.54) is 0 Å². The number of carbonyl (C=O) groups is 2. The number of hydrogen-bond acceptors (Lipinski definition) is 5. The van der Waals surface area contributed by atoms with Crippen molar-refractivity contribution in [3.05, 3.63) is 174 Å². The first-order chi connectivity index (χ1) is 30.5. The molecule has 0 saturated heterocycles. The molecule has 0 aliphatic heterocycles. The van der Waals surface area contributed by atoms with Crippen molar-refractivity contribution in [1.29, 1.82) is 0 Å². The molecule has 0 aromatic heterocycles. The number of carbonyl (C=O) groups excluding carboxylic acids is 2. The van der Waals surface area contributed by atoms with Gasteiger partial charge in [0.1, 0.15) is 5.75 Å². The van der Waals surface area contributed by atoms with Crippen LogP contribution >= 0.6 is 0 Å². The van der Waals surface area contributed by atoms with Crippen LogP contribution in [-0.2, 0) is 6.54 Å². The molecular formula is C57H55NO5. The van der Waals surface area contributed by atoms with Gasteiger partial charge in [0.15, 0.2) is 5.78 Å². The Balaban J connectivity index is 0.975. The van der Waals surface area contributed by atoms with Crippen LogP contribution in [0.15, 0.2) is 163 Å². The van der Waals surface area contributed by atoms with Crippen LogP contribution in [0.1, 0.15) is 74.7 Å². The third-order valence-corrected chi connectivity index (χ3v) is 17.1. The Kier molecular flexibility index (Phi) is 9.28. The second-order valence-electron chi connectivity index (χ2n) is 20.0. The molecule has 2 spiro atoms. The molecule has 2 bridgehead atoms. The first-order valence-electron chi connectivity index (χ1n) is 22.9. The average molecular weight is 834 g/mol. The second kappa shape index (κ2) is 14.6. The lowest BCUT2D eigenvalue weighted by molar-refractivity contribution is -0.175. The Bertz CT molecular complexity index is 2840. The number of benzene rings is 6. The molecule has 6 aliphatic carbocycles. The summed E-state index contributed by atoms with van der Waals surface area (Å²) >= 11 is 0. The van der Waals surface area contributed by atoms with Gasteiger partial charge in [-0.05, 0) is 113 Å². The molecule has 6 aromatic rings. The van der Waals surface area contributed by atoms with Gasteiger partial charge in [0.2, 0.25) is 0 Å². The van der Waals surface area contributed by atoms with Gasteiger partial charge < -0.3 is 19.8 Å². The maximum absolute atomic E-state index is 15.3. The highest BCUT2D eigenvalue weighted by Crippen LogP contribution is 2.78. The number of Topliss-reactive ketones (excluding diaryl/α,β-unsaturated/α-hetero) is 1. The van der Waals surface area contributed by atoms with Gasteiger partial charge in [0.05, 0.1) is 18.2 Å². The number of amides is 1. The van der Waals surface area contributed by atoms with Crippen LogP contribution in [-0.4, -0.2) is 45.2 Å². The van der Waals surface area contributed by atoms with E-state index in [9.17, 15) is 15.0 Å². The molecule has 2 N–H and O–H groups in total. The molecule has 318 valence electrons. The first kappa shape index (κ1) is 40.0. The highest BCUT2D eigenvalue weighted by Gasteiger charge is 2.74. The predicted molar refractivity (Wildman–Crippen MR) is 249 cm³/mol. The highest BCUT2D eigenvalue weighted by atomic mass is 16.6. The maximum Gasteiger partial charge on any atom is 0.415 e. The minimum atomic E-state index is -1.28. The normalized spacial score (nSPS) is 31.5. The number of nitrogens with zero attached hydrogens (tertiary/aromatic N) is 1. The van der Waals surface area contributed by atoms with E-state index in [1.54, 1.807) is 4.90 Å². The molecule has 3 saturated carbocycles. The quantitative estimate of drug-likeness (QED) is 0.118. The van der Waals surface area contributed by atoms with Gasteiger partial charge in [-0.3, -0.25) is 4.79 Å². The summed E-state index contributed by atoms with van der Waals surface area (Å²) in [5.41, 5.74) is 1.47. The monoisotopic (exact) mass is 833 g/mol. The van der Waals surface area contributed by atoms with Crippen LogP contribution in [0.3, 0.4) is 0 Å². The van der Waals surface area contributed by atoms with Gasteiger partial charge in [0.25, 0.3) is 0 Å². The summed E-state index contributed by atoms with van der Waals surface area (Å²) < 4.78 is 6.23. The van der Waals surface area contributed by atoms with Gasteiger partial charge in [-0.25, -0.2) is 4.79 Å². The summed E-state index contributed by atoms with van der Waals surface area (Å²) in [5.74, 6) is 0.570. The fourth-order valence-electron chi connectivity index (χ4n) is 13.7. The van der Waals surface area contributed by atoms with Crippen molar-refractivity contribution in [1.82, 2.24) is 4.90 Å². The third kappa shape index (κ3) is 6.04. The minimum Gasteiger partial charge on any atom is -0.410 e. The fraction of sp³-hybridized carbons (Fsp3) is 0.333. The molecule has 1 amide bonds. The molecule has 6 aromatic carbocycles. The molecular weight excluding hydrogens is 779 g/mol. The third-order valence-electron chi connectivity index (χ3n) is 17.1. The summed E-state index contributed by atoms with van der Waals surface area (Å²) in [6, 6.07) is 46.3. The van der Waals surface area contributed by atoms with Crippen LogP contribution in [0, 0.1) is 33.5 Å². The lowest BCUT2D eigenvalue weighted by Gasteiger charge is -2.71. The van der Waals surface area contributed by atoms with E-state index >= 15 is 4.79 Å². The van der Waals surface area contributed by atoms with Crippen molar-refractivity contribution in [2.45, 2.75) is 77.0 Å². The molecule has 0 radical (unpaired) electrons. The van der Waals surface area contributed by atoms with Gasteiger partial charge in [0, 0.05) is 33.9 Å². The van der Waals surface area contributed by atoms with Crippen LogP contribution < -0.4 is 4.74 Å². The zero-order valence-corrected chi connectivity index (χ0v) is 36.2. The summed E-state index contributed by atoms with van der Waals surface area (Å²) in [5, 5.41) is 28.9. The number of hydrogen-bond donors (Lipinski definition) is 2. The second-order valence-corrected chi connectivity index (χ2v) is 20.0. The molecule has 12 rings (SSSR count). The van der Waals surface area contributed by atoms with Crippen LogP contribution in [0.5, 0.6) is 5.75 Å². The molecule has 0 heterocycles.